The minimum absolute atomic E-state index is 0.124. The van der Waals surface area contributed by atoms with Crippen molar-refractivity contribution in [3.8, 4) is 11.5 Å². The predicted octanol–water partition coefficient (Wildman–Crippen LogP) is 5.05. The van der Waals surface area contributed by atoms with Gasteiger partial charge in [-0.1, -0.05) is 66.7 Å². The van der Waals surface area contributed by atoms with Crippen molar-refractivity contribution in [1.82, 2.24) is 10.2 Å². The molecule has 0 spiro atoms. The van der Waals surface area contributed by atoms with Gasteiger partial charge in [-0.3, -0.25) is 0 Å². The van der Waals surface area contributed by atoms with E-state index in [2.05, 4.69) is 59.6 Å². The van der Waals surface area contributed by atoms with Crippen LogP contribution in [0.3, 0.4) is 0 Å². The molecule has 1 aliphatic heterocycles. The summed E-state index contributed by atoms with van der Waals surface area (Å²) in [6.45, 7) is 3.81. The highest BCUT2D eigenvalue weighted by Crippen LogP contribution is 2.33. The van der Waals surface area contributed by atoms with Crippen molar-refractivity contribution in [2.75, 3.05) is 6.79 Å². The normalized spacial score (nSPS) is 13.0. The predicted molar refractivity (Wildman–Crippen MR) is 119 cm³/mol. The Morgan fingerprint density at radius 1 is 0.897 bits per heavy atom. The van der Waals surface area contributed by atoms with Crippen LogP contribution in [0.25, 0.3) is 0 Å². The van der Waals surface area contributed by atoms with Crippen molar-refractivity contribution in [2.24, 2.45) is 0 Å². The molecule has 148 valence electrons. The molecule has 1 heterocycles. The molecule has 3 aromatic carbocycles. The van der Waals surface area contributed by atoms with Gasteiger partial charge >= 0.3 is 0 Å². The molecule has 0 radical (unpaired) electrons. The second-order valence-corrected chi connectivity index (χ2v) is 7.50. The number of nitrogens with zero attached hydrogens (tertiary/aromatic N) is 1. The zero-order valence-corrected chi connectivity index (χ0v) is 17.2. The van der Waals surface area contributed by atoms with Gasteiger partial charge in [0, 0.05) is 13.1 Å². The van der Waals surface area contributed by atoms with E-state index in [0.29, 0.717) is 6.54 Å². The summed E-state index contributed by atoms with van der Waals surface area (Å²) in [5, 5.41) is 4.22. The maximum atomic E-state index is 5.81. The molecule has 0 aliphatic carbocycles. The van der Waals surface area contributed by atoms with Gasteiger partial charge in [-0.05, 0) is 48.0 Å². The van der Waals surface area contributed by atoms with Crippen LogP contribution in [0.5, 0.6) is 11.5 Å². The van der Waals surface area contributed by atoms with Crippen LogP contribution in [0.2, 0.25) is 0 Å². The summed E-state index contributed by atoms with van der Waals surface area (Å²) in [5.74, 6) is 1.58. The summed E-state index contributed by atoms with van der Waals surface area (Å²) in [7, 11) is 0. The molecular formula is C24H24N2O2S. The van der Waals surface area contributed by atoms with Gasteiger partial charge in [0.1, 0.15) is 0 Å². The topological polar surface area (TPSA) is 33.7 Å². The van der Waals surface area contributed by atoms with Crippen LogP contribution in [0, 0.1) is 0 Å². The number of nitrogens with one attached hydrogen (secondary N) is 1. The molecule has 5 heteroatoms. The molecular weight excluding hydrogens is 380 g/mol. The molecule has 0 unspecified atom stereocenters. The van der Waals surface area contributed by atoms with E-state index in [1.54, 1.807) is 0 Å². The summed E-state index contributed by atoms with van der Waals surface area (Å²) < 4.78 is 11.0. The van der Waals surface area contributed by atoms with E-state index in [1.807, 2.05) is 36.4 Å². The smallest absolute Gasteiger partial charge is 0.231 e. The first-order valence-electron chi connectivity index (χ1n) is 9.72. The number of hydrogen-bond donors (Lipinski definition) is 1. The molecule has 0 amide bonds. The Kier molecular flexibility index (Phi) is 5.96. The summed E-state index contributed by atoms with van der Waals surface area (Å²) in [5.41, 5.74) is 3.55. The van der Waals surface area contributed by atoms with E-state index in [1.165, 1.54) is 11.1 Å². The molecule has 0 bridgehead atoms. The van der Waals surface area contributed by atoms with Gasteiger partial charge in [0.05, 0.1) is 6.04 Å². The van der Waals surface area contributed by atoms with Gasteiger partial charge in [0.2, 0.25) is 6.79 Å². The summed E-state index contributed by atoms with van der Waals surface area (Å²) >= 11 is 5.81. The van der Waals surface area contributed by atoms with Gasteiger partial charge in [0.15, 0.2) is 16.6 Å². The highest BCUT2D eigenvalue weighted by Gasteiger charge is 2.17. The van der Waals surface area contributed by atoms with Crippen LogP contribution in [0.1, 0.15) is 29.7 Å². The molecule has 0 fully saturated rings. The van der Waals surface area contributed by atoms with Crippen molar-refractivity contribution in [3.05, 3.63) is 95.6 Å². The minimum Gasteiger partial charge on any atom is -0.454 e. The van der Waals surface area contributed by atoms with Crippen molar-refractivity contribution >= 4 is 17.3 Å². The lowest BCUT2D eigenvalue weighted by Gasteiger charge is -2.28. The lowest BCUT2D eigenvalue weighted by atomic mass is 10.1. The first-order valence-corrected chi connectivity index (χ1v) is 10.1. The zero-order chi connectivity index (χ0) is 20.1. The van der Waals surface area contributed by atoms with E-state index in [-0.39, 0.29) is 12.8 Å². The molecule has 1 N–H and O–H groups in total. The average Bonchev–Trinajstić information content (AvgIpc) is 3.22. The first kappa shape index (κ1) is 19.3. The molecule has 4 rings (SSSR count). The largest absolute Gasteiger partial charge is 0.454 e. The molecule has 29 heavy (non-hydrogen) atoms. The molecule has 1 atom stereocenters. The number of hydrogen-bond acceptors (Lipinski definition) is 3. The Morgan fingerprint density at radius 3 is 2.31 bits per heavy atom. The van der Waals surface area contributed by atoms with Crippen LogP contribution in [-0.2, 0) is 13.1 Å². The highest BCUT2D eigenvalue weighted by molar-refractivity contribution is 7.80. The fourth-order valence-electron chi connectivity index (χ4n) is 3.36. The monoisotopic (exact) mass is 404 g/mol. The molecule has 4 nitrogen and oxygen atoms in total. The summed E-state index contributed by atoms with van der Waals surface area (Å²) in [4.78, 5) is 2.18. The number of ether oxygens (including phenoxy) is 2. The van der Waals surface area contributed by atoms with Crippen LogP contribution in [0.4, 0.5) is 0 Å². The van der Waals surface area contributed by atoms with E-state index in [9.17, 15) is 0 Å². The van der Waals surface area contributed by atoms with Gasteiger partial charge in [-0.2, -0.15) is 0 Å². The Labute approximate surface area is 177 Å². The summed E-state index contributed by atoms with van der Waals surface area (Å²) in [6.07, 6.45) is 0. The van der Waals surface area contributed by atoms with Gasteiger partial charge < -0.3 is 19.7 Å². The molecule has 3 aromatic rings. The maximum Gasteiger partial charge on any atom is 0.231 e. The molecule has 0 aromatic heterocycles. The van der Waals surface area contributed by atoms with E-state index < -0.39 is 0 Å². The second-order valence-electron chi connectivity index (χ2n) is 7.11. The Bertz CT molecular complexity index is 963. The SMILES string of the molecule is C[C@@H](NC(=S)N(Cc1ccccc1)Cc1ccc2c(c1)OCO2)c1ccccc1. The standard InChI is InChI=1S/C24H24N2O2S/c1-18(21-10-6-3-7-11-21)25-24(29)26(15-19-8-4-2-5-9-19)16-20-12-13-22-23(14-20)28-17-27-22/h2-14,18H,15-17H2,1H3,(H,25,29)/t18-/m1/s1. The van der Waals surface area contributed by atoms with E-state index in [0.717, 1.165) is 28.7 Å². The lowest BCUT2D eigenvalue weighted by molar-refractivity contribution is 0.174. The second kappa shape index (κ2) is 8.97. The minimum atomic E-state index is 0.124. The van der Waals surface area contributed by atoms with Crippen molar-refractivity contribution < 1.29 is 9.47 Å². The van der Waals surface area contributed by atoms with Crippen LogP contribution >= 0.6 is 12.2 Å². The highest BCUT2D eigenvalue weighted by atomic mass is 32.1. The third-order valence-corrected chi connectivity index (χ3v) is 5.33. The van der Waals surface area contributed by atoms with Crippen molar-refractivity contribution in [3.63, 3.8) is 0 Å². The van der Waals surface area contributed by atoms with Crippen LogP contribution < -0.4 is 14.8 Å². The fraction of sp³-hybridized carbons (Fsp3) is 0.208. The number of thiocarbonyl (C=S) groups is 1. The maximum absolute atomic E-state index is 5.81. The van der Waals surface area contributed by atoms with Crippen molar-refractivity contribution in [2.45, 2.75) is 26.1 Å². The number of rotatable bonds is 6. The van der Waals surface area contributed by atoms with Crippen LogP contribution in [-0.4, -0.2) is 16.8 Å². The lowest BCUT2D eigenvalue weighted by Crippen LogP contribution is -2.40. The van der Waals surface area contributed by atoms with Gasteiger partial charge in [-0.15, -0.1) is 0 Å². The van der Waals surface area contributed by atoms with E-state index in [4.69, 9.17) is 21.7 Å². The third kappa shape index (κ3) is 4.87. The molecule has 0 saturated heterocycles. The average molecular weight is 405 g/mol. The van der Waals surface area contributed by atoms with Crippen molar-refractivity contribution in [1.29, 1.82) is 0 Å². The third-order valence-electron chi connectivity index (χ3n) is 4.95. The van der Waals surface area contributed by atoms with Crippen LogP contribution in [0.15, 0.2) is 78.9 Å². The summed E-state index contributed by atoms with van der Waals surface area (Å²) in [6, 6.07) is 26.9. The molecule has 1 aliphatic rings. The van der Waals surface area contributed by atoms with E-state index >= 15 is 0 Å². The van der Waals surface area contributed by atoms with Gasteiger partial charge in [0.25, 0.3) is 0 Å². The molecule has 0 saturated carbocycles. The Morgan fingerprint density at radius 2 is 1.55 bits per heavy atom. The van der Waals surface area contributed by atoms with Gasteiger partial charge in [-0.25, -0.2) is 0 Å². The number of fused-ring (bicyclic) bond motifs is 1. The Balaban J connectivity index is 1.52. The first-order chi connectivity index (χ1) is 14.2. The fourth-order valence-corrected chi connectivity index (χ4v) is 3.67. The Hall–Kier alpha value is -3.05. The zero-order valence-electron chi connectivity index (χ0n) is 16.4. The quantitative estimate of drug-likeness (QED) is 0.581. The number of benzene rings is 3.